The Morgan fingerprint density at radius 1 is 1.05 bits per heavy atom. The minimum atomic E-state index is 0.618. The zero-order valence-electron chi connectivity index (χ0n) is 13.4. The van der Waals surface area contributed by atoms with Crippen LogP contribution in [-0.2, 0) is 0 Å². The summed E-state index contributed by atoms with van der Waals surface area (Å²) in [5.74, 6) is 0. The zero-order chi connectivity index (χ0) is 13.8. The molecule has 3 rings (SSSR count). The molecule has 0 aromatic carbocycles. The maximum atomic E-state index is 3.66. The lowest BCUT2D eigenvalue weighted by Crippen LogP contribution is -2.53. The molecule has 20 heavy (non-hydrogen) atoms. The molecule has 1 spiro atoms. The smallest absolute Gasteiger partial charge is 0.0108 e. The van der Waals surface area contributed by atoms with Crippen LogP contribution in [0.25, 0.3) is 0 Å². The van der Waals surface area contributed by atoms with Gasteiger partial charge in [0.05, 0.1) is 0 Å². The topological polar surface area (TPSA) is 18.5 Å². The molecule has 0 aromatic heterocycles. The molecule has 3 heterocycles. The highest BCUT2D eigenvalue weighted by atomic mass is 15.2. The first-order valence-corrected chi connectivity index (χ1v) is 8.98. The number of nitrogens with one attached hydrogen (secondary N) is 1. The molecule has 3 aliphatic rings. The Bertz CT molecular complexity index is 293. The van der Waals surface area contributed by atoms with Crippen molar-refractivity contribution in [3.63, 3.8) is 0 Å². The van der Waals surface area contributed by atoms with E-state index in [4.69, 9.17) is 0 Å². The van der Waals surface area contributed by atoms with Crippen LogP contribution in [0.4, 0.5) is 0 Å². The van der Waals surface area contributed by atoms with Gasteiger partial charge in [-0.25, -0.2) is 0 Å². The molecule has 0 radical (unpaired) electrons. The van der Waals surface area contributed by atoms with Crippen LogP contribution in [0.5, 0.6) is 0 Å². The van der Waals surface area contributed by atoms with E-state index < -0.39 is 0 Å². The second kappa shape index (κ2) is 6.76. The van der Waals surface area contributed by atoms with E-state index in [1.54, 1.807) is 0 Å². The van der Waals surface area contributed by atoms with Crippen LogP contribution in [0.1, 0.15) is 51.9 Å². The number of likely N-dealkylation sites (tertiary alicyclic amines) is 2. The Hall–Kier alpha value is -0.120. The van der Waals surface area contributed by atoms with Gasteiger partial charge in [-0.1, -0.05) is 6.92 Å². The lowest BCUT2D eigenvalue weighted by molar-refractivity contribution is 0.0331. The van der Waals surface area contributed by atoms with Crippen molar-refractivity contribution in [1.29, 1.82) is 0 Å². The third kappa shape index (κ3) is 3.37. The van der Waals surface area contributed by atoms with E-state index in [1.807, 2.05) is 0 Å². The van der Waals surface area contributed by atoms with Gasteiger partial charge in [-0.3, -0.25) is 4.90 Å². The summed E-state index contributed by atoms with van der Waals surface area (Å²) in [7, 11) is 0. The first-order valence-electron chi connectivity index (χ1n) is 8.98. The summed E-state index contributed by atoms with van der Waals surface area (Å²) < 4.78 is 0. The van der Waals surface area contributed by atoms with Crippen molar-refractivity contribution in [1.82, 2.24) is 15.1 Å². The summed E-state index contributed by atoms with van der Waals surface area (Å²) in [6.07, 6.45) is 9.98. The second-order valence-electron chi connectivity index (χ2n) is 7.37. The van der Waals surface area contributed by atoms with Crippen molar-refractivity contribution in [3.05, 3.63) is 0 Å². The molecular formula is C17H33N3. The van der Waals surface area contributed by atoms with Gasteiger partial charge in [0.2, 0.25) is 0 Å². The minimum absolute atomic E-state index is 0.618. The summed E-state index contributed by atoms with van der Waals surface area (Å²) in [5.41, 5.74) is 0.618. The van der Waals surface area contributed by atoms with E-state index in [2.05, 4.69) is 22.0 Å². The van der Waals surface area contributed by atoms with Gasteiger partial charge in [0.25, 0.3) is 0 Å². The third-order valence-electron chi connectivity index (χ3n) is 6.01. The molecule has 0 saturated carbocycles. The highest BCUT2D eigenvalue weighted by Crippen LogP contribution is 2.37. The van der Waals surface area contributed by atoms with Gasteiger partial charge >= 0.3 is 0 Å². The molecule has 2 unspecified atom stereocenters. The summed E-state index contributed by atoms with van der Waals surface area (Å²) >= 11 is 0. The lowest BCUT2D eigenvalue weighted by atomic mass is 9.74. The van der Waals surface area contributed by atoms with E-state index in [0.717, 1.165) is 6.04 Å². The Labute approximate surface area is 125 Å². The highest BCUT2D eigenvalue weighted by Gasteiger charge is 2.38. The molecule has 3 heteroatoms. The quantitative estimate of drug-likeness (QED) is 0.837. The molecule has 0 amide bonds. The standard InChI is InChI=1S/C17H33N3/c1-2-19-11-3-6-16(7-13-19)20-12-5-9-17(15-20)8-4-10-18-14-17/h16,18H,2-15H2,1H3. The summed E-state index contributed by atoms with van der Waals surface area (Å²) in [5, 5.41) is 3.66. The normalized spacial score (nSPS) is 38.0. The van der Waals surface area contributed by atoms with Gasteiger partial charge in [0, 0.05) is 19.1 Å². The van der Waals surface area contributed by atoms with Crippen molar-refractivity contribution in [2.45, 2.75) is 57.9 Å². The molecule has 0 bridgehead atoms. The fourth-order valence-electron chi connectivity index (χ4n) is 4.76. The van der Waals surface area contributed by atoms with Crippen LogP contribution >= 0.6 is 0 Å². The van der Waals surface area contributed by atoms with Crippen LogP contribution in [0, 0.1) is 5.41 Å². The van der Waals surface area contributed by atoms with Crippen molar-refractivity contribution in [3.8, 4) is 0 Å². The van der Waals surface area contributed by atoms with Crippen LogP contribution < -0.4 is 5.32 Å². The molecule has 0 aromatic rings. The molecule has 3 saturated heterocycles. The van der Waals surface area contributed by atoms with Crippen molar-refractivity contribution < 1.29 is 0 Å². The first kappa shape index (κ1) is 14.8. The molecule has 1 N–H and O–H groups in total. The van der Waals surface area contributed by atoms with Gasteiger partial charge in [-0.05, 0) is 83.1 Å². The minimum Gasteiger partial charge on any atom is -0.316 e. The van der Waals surface area contributed by atoms with E-state index in [-0.39, 0.29) is 0 Å². The third-order valence-corrected chi connectivity index (χ3v) is 6.01. The molecule has 3 aliphatic heterocycles. The average molecular weight is 279 g/mol. The molecular weight excluding hydrogens is 246 g/mol. The van der Waals surface area contributed by atoms with Crippen molar-refractivity contribution in [2.24, 2.45) is 5.41 Å². The molecule has 0 aliphatic carbocycles. The number of hydrogen-bond donors (Lipinski definition) is 1. The molecule has 2 atom stereocenters. The van der Waals surface area contributed by atoms with E-state index in [9.17, 15) is 0 Å². The van der Waals surface area contributed by atoms with Gasteiger partial charge in [0.15, 0.2) is 0 Å². The van der Waals surface area contributed by atoms with Crippen LogP contribution in [0.3, 0.4) is 0 Å². The average Bonchev–Trinajstić information content (AvgIpc) is 2.73. The van der Waals surface area contributed by atoms with E-state index in [1.165, 1.54) is 90.8 Å². The summed E-state index contributed by atoms with van der Waals surface area (Å²) in [6.45, 7) is 11.4. The second-order valence-corrected chi connectivity index (χ2v) is 7.37. The SMILES string of the molecule is CCN1CCCC(N2CCCC3(CCCNC3)C2)CC1. The lowest BCUT2D eigenvalue weighted by Gasteiger charge is -2.48. The Kier molecular flexibility index (Phi) is 5.00. The molecule has 116 valence electrons. The molecule has 3 nitrogen and oxygen atoms in total. The van der Waals surface area contributed by atoms with Gasteiger partial charge in [-0.2, -0.15) is 0 Å². The largest absolute Gasteiger partial charge is 0.316 e. The number of piperidine rings is 2. The Balaban J connectivity index is 1.58. The van der Waals surface area contributed by atoms with Crippen molar-refractivity contribution in [2.75, 3.05) is 45.8 Å². The first-order chi connectivity index (χ1) is 9.81. The molecule has 3 fully saturated rings. The summed E-state index contributed by atoms with van der Waals surface area (Å²) in [6, 6.07) is 0.866. The predicted molar refractivity (Wildman–Crippen MR) is 85.1 cm³/mol. The predicted octanol–water partition coefficient (Wildman–Crippen LogP) is 2.33. The zero-order valence-corrected chi connectivity index (χ0v) is 13.4. The Morgan fingerprint density at radius 3 is 2.75 bits per heavy atom. The van der Waals surface area contributed by atoms with Crippen LogP contribution in [-0.4, -0.2) is 61.7 Å². The monoisotopic (exact) mass is 279 g/mol. The number of hydrogen-bond acceptors (Lipinski definition) is 3. The maximum absolute atomic E-state index is 3.66. The Morgan fingerprint density at radius 2 is 1.95 bits per heavy atom. The number of rotatable bonds is 2. The fraction of sp³-hybridized carbons (Fsp3) is 1.00. The van der Waals surface area contributed by atoms with Gasteiger partial charge < -0.3 is 10.2 Å². The van der Waals surface area contributed by atoms with Crippen LogP contribution in [0.2, 0.25) is 0 Å². The summed E-state index contributed by atoms with van der Waals surface area (Å²) in [4.78, 5) is 5.51. The van der Waals surface area contributed by atoms with E-state index in [0.29, 0.717) is 5.41 Å². The van der Waals surface area contributed by atoms with Crippen molar-refractivity contribution >= 4 is 0 Å². The van der Waals surface area contributed by atoms with Gasteiger partial charge in [0.1, 0.15) is 0 Å². The van der Waals surface area contributed by atoms with E-state index >= 15 is 0 Å². The highest BCUT2D eigenvalue weighted by molar-refractivity contribution is 4.93. The fourth-order valence-corrected chi connectivity index (χ4v) is 4.76. The van der Waals surface area contributed by atoms with Crippen LogP contribution in [0.15, 0.2) is 0 Å². The maximum Gasteiger partial charge on any atom is 0.0108 e. The number of nitrogens with zero attached hydrogens (tertiary/aromatic N) is 2. The van der Waals surface area contributed by atoms with Gasteiger partial charge in [-0.15, -0.1) is 0 Å².